The number of hydrogen-bond donors (Lipinski definition) is 1. The summed E-state index contributed by atoms with van der Waals surface area (Å²) in [6.07, 6.45) is 1.66. The van der Waals surface area contributed by atoms with Crippen molar-refractivity contribution >= 4 is 23.2 Å². The number of nitrogens with one attached hydrogen (secondary N) is 1. The van der Waals surface area contributed by atoms with E-state index >= 15 is 0 Å². The van der Waals surface area contributed by atoms with Crippen LogP contribution < -0.4 is 5.56 Å². The second-order valence-corrected chi connectivity index (χ2v) is 5.19. The van der Waals surface area contributed by atoms with Crippen molar-refractivity contribution in [3.63, 3.8) is 0 Å². The summed E-state index contributed by atoms with van der Waals surface area (Å²) in [6, 6.07) is 14.3. The van der Waals surface area contributed by atoms with E-state index in [0.29, 0.717) is 21.3 Å². The van der Waals surface area contributed by atoms with Crippen LogP contribution >= 0.6 is 23.2 Å². The van der Waals surface area contributed by atoms with Crippen LogP contribution in [-0.2, 0) is 0 Å². The van der Waals surface area contributed by atoms with Gasteiger partial charge in [-0.15, -0.1) is 0 Å². The number of rotatable bonds is 2. The van der Waals surface area contributed by atoms with Crippen LogP contribution in [0.1, 0.15) is 0 Å². The Bertz CT molecular complexity index is 754. The number of halogens is 2. The highest BCUT2D eigenvalue weighted by molar-refractivity contribution is 6.31. The lowest BCUT2D eigenvalue weighted by Gasteiger charge is -2.01. The van der Waals surface area contributed by atoms with Crippen molar-refractivity contribution in [2.75, 3.05) is 0 Å². The van der Waals surface area contributed by atoms with Crippen molar-refractivity contribution in [1.29, 1.82) is 0 Å². The van der Waals surface area contributed by atoms with E-state index in [2.05, 4.69) is 5.10 Å². The first-order valence-corrected chi connectivity index (χ1v) is 6.73. The molecule has 0 aliphatic heterocycles. The molecule has 0 amide bonds. The highest BCUT2D eigenvalue weighted by atomic mass is 35.5. The summed E-state index contributed by atoms with van der Waals surface area (Å²) < 4.78 is 1.45. The van der Waals surface area contributed by atoms with Crippen molar-refractivity contribution < 1.29 is 0 Å². The summed E-state index contributed by atoms with van der Waals surface area (Å²) in [5.41, 5.74) is 1.89. The molecule has 0 unspecified atom stereocenters. The number of H-pyrrole nitrogens is 1. The van der Waals surface area contributed by atoms with Gasteiger partial charge >= 0.3 is 0 Å². The Morgan fingerprint density at radius 1 is 0.950 bits per heavy atom. The summed E-state index contributed by atoms with van der Waals surface area (Å²) in [4.78, 5) is 12.4. The normalized spacial score (nSPS) is 10.7. The molecule has 0 fully saturated rings. The predicted octanol–water partition coefficient (Wildman–Crippen LogP) is 4.14. The maximum Gasteiger partial charge on any atom is 0.279 e. The van der Waals surface area contributed by atoms with E-state index in [1.54, 1.807) is 36.5 Å². The smallest absolute Gasteiger partial charge is 0.279 e. The van der Waals surface area contributed by atoms with E-state index in [1.165, 1.54) is 4.68 Å². The fourth-order valence-corrected chi connectivity index (χ4v) is 2.41. The van der Waals surface area contributed by atoms with Gasteiger partial charge in [-0.25, -0.2) is 4.68 Å². The Balaban J connectivity index is 2.12. The zero-order valence-electron chi connectivity index (χ0n) is 10.3. The summed E-state index contributed by atoms with van der Waals surface area (Å²) in [6.45, 7) is 0. The highest BCUT2D eigenvalue weighted by Gasteiger charge is 2.10. The van der Waals surface area contributed by atoms with E-state index in [-0.39, 0.29) is 5.56 Å². The van der Waals surface area contributed by atoms with Gasteiger partial charge in [-0.3, -0.25) is 9.89 Å². The zero-order chi connectivity index (χ0) is 14.1. The lowest BCUT2D eigenvalue weighted by molar-refractivity contribution is 0.850. The van der Waals surface area contributed by atoms with Gasteiger partial charge in [0.25, 0.3) is 5.56 Å². The number of nitrogens with zero attached hydrogens (tertiary/aromatic N) is 1. The van der Waals surface area contributed by atoms with Crippen molar-refractivity contribution in [3.05, 3.63) is 75.1 Å². The van der Waals surface area contributed by atoms with Crippen LogP contribution in [-0.4, -0.2) is 9.78 Å². The fourth-order valence-electron chi connectivity index (χ4n) is 2.04. The third kappa shape index (κ3) is 2.38. The van der Waals surface area contributed by atoms with Crippen LogP contribution in [0.3, 0.4) is 0 Å². The SMILES string of the molecule is O=c1c(-c2cccc(Cl)c2)c[nH]n1-c1cccc(Cl)c1. The molecule has 100 valence electrons. The van der Waals surface area contributed by atoms with Crippen LogP contribution in [0.15, 0.2) is 59.5 Å². The molecule has 1 N–H and O–H groups in total. The van der Waals surface area contributed by atoms with Gasteiger partial charge in [0.1, 0.15) is 0 Å². The number of aromatic nitrogens is 2. The molecule has 0 radical (unpaired) electrons. The maximum absolute atomic E-state index is 12.4. The first kappa shape index (κ1) is 13.0. The van der Waals surface area contributed by atoms with Gasteiger partial charge in [-0.05, 0) is 35.9 Å². The van der Waals surface area contributed by atoms with Crippen LogP contribution in [0.25, 0.3) is 16.8 Å². The Morgan fingerprint density at radius 3 is 2.35 bits per heavy atom. The summed E-state index contributed by atoms with van der Waals surface area (Å²) in [7, 11) is 0. The Hall–Kier alpha value is -1.97. The van der Waals surface area contributed by atoms with E-state index in [4.69, 9.17) is 23.2 Å². The van der Waals surface area contributed by atoms with Gasteiger partial charge in [0.05, 0.1) is 11.3 Å². The summed E-state index contributed by atoms with van der Waals surface area (Å²) in [5, 5.41) is 4.11. The van der Waals surface area contributed by atoms with Gasteiger partial charge in [0.2, 0.25) is 0 Å². The summed E-state index contributed by atoms with van der Waals surface area (Å²) in [5.74, 6) is 0. The molecular formula is C15H10Cl2N2O. The Morgan fingerprint density at radius 2 is 1.65 bits per heavy atom. The predicted molar refractivity (Wildman–Crippen MR) is 81.8 cm³/mol. The van der Waals surface area contributed by atoms with Crippen molar-refractivity contribution in [3.8, 4) is 16.8 Å². The number of aromatic amines is 1. The molecule has 0 saturated carbocycles. The average Bonchev–Trinajstić information content (AvgIpc) is 2.80. The molecule has 5 heteroatoms. The molecule has 0 bridgehead atoms. The van der Waals surface area contributed by atoms with Gasteiger partial charge in [0.15, 0.2) is 0 Å². The second kappa shape index (κ2) is 5.19. The molecule has 0 aliphatic rings. The molecule has 1 heterocycles. The fraction of sp³-hybridized carbons (Fsp3) is 0. The largest absolute Gasteiger partial charge is 0.298 e. The summed E-state index contributed by atoms with van der Waals surface area (Å²) >= 11 is 11.9. The van der Waals surface area contributed by atoms with Crippen LogP contribution in [0.5, 0.6) is 0 Å². The van der Waals surface area contributed by atoms with Gasteiger partial charge in [-0.1, -0.05) is 41.4 Å². The molecule has 0 spiro atoms. The van der Waals surface area contributed by atoms with Gasteiger partial charge in [0, 0.05) is 16.2 Å². The van der Waals surface area contributed by atoms with Gasteiger partial charge < -0.3 is 0 Å². The standard InChI is InChI=1S/C15H10Cl2N2O/c16-11-4-1-3-10(7-11)14-9-18-19(15(14)20)13-6-2-5-12(17)8-13/h1-9,18H. The van der Waals surface area contributed by atoms with E-state index in [0.717, 1.165) is 5.56 Å². The molecule has 0 aliphatic carbocycles. The van der Waals surface area contributed by atoms with Crippen LogP contribution in [0.4, 0.5) is 0 Å². The van der Waals surface area contributed by atoms with E-state index in [9.17, 15) is 4.79 Å². The minimum absolute atomic E-state index is 0.144. The third-order valence-corrected chi connectivity index (χ3v) is 3.44. The van der Waals surface area contributed by atoms with Crippen molar-refractivity contribution in [1.82, 2.24) is 9.78 Å². The molecule has 3 rings (SSSR count). The third-order valence-electron chi connectivity index (χ3n) is 2.97. The van der Waals surface area contributed by atoms with Crippen molar-refractivity contribution in [2.24, 2.45) is 0 Å². The Labute approximate surface area is 125 Å². The molecule has 3 aromatic rings. The monoisotopic (exact) mass is 304 g/mol. The van der Waals surface area contributed by atoms with Crippen LogP contribution in [0.2, 0.25) is 10.0 Å². The molecule has 2 aromatic carbocycles. The molecule has 0 atom stereocenters. The van der Waals surface area contributed by atoms with E-state index in [1.807, 2.05) is 18.2 Å². The first-order valence-electron chi connectivity index (χ1n) is 5.97. The molecule has 1 aromatic heterocycles. The average molecular weight is 305 g/mol. The van der Waals surface area contributed by atoms with Crippen LogP contribution in [0, 0.1) is 0 Å². The minimum atomic E-state index is -0.144. The maximum atomic E-state index is 12.4. The zero-order valence-corrected chi connectivity index (χ0v) is 11.8. The number of benzene rings is 2. The molecule has 0 saturated heterocycles. The molecule has 20 heavy (non-hydrogen) atoms. The van der Waals surface area contributed by atoms with Crippen molar-refractivity contribution in [2.45, 2.75) is 0 Å². The second-order valence-electron chi connectivity index (χ2n) is 4.32. The topological polar surface area (TPSA) is 37.8 Å². The first-order chi connectivity index (χ1) is 9.65. The minimum Gasteiger partial charge on any atom is -0.298 e. The molecular weight excluding hydrogens is 295 g/mol. The number of hydrogen-bond acceptors (Lipinski definition) is 1. The lowest BCUT2D eigenvalue weighted by Crippen LogP contribution is -2.15. The van der Waals surface area contributed by atoms with Gasteiger partial charge in [-0.2, -0.15) is 0 Å². The quantitative estimate of drug-likeness (QED) is 0.759. The van der Waals surface area contributed by atoms with E-state index < -0.39 is 0 Å². The molecule has 3 nitrogen and oxygen atoms in total. The Kier molecular flexibility index (Phi) is 3.38. The highest BCUT2D eigenvalue weighted by Crippen LogP contribution is 2.20. The lowest BCUT2D eigenvalue weighted by atomic mass is 10.1.